The van der Waals surface area contributed by atoms with Crippen molar-refractivity contribution in [2.75, 3.05) is 21.1 Å². The molecule has 100 valence electrons. The van der Waals surface area contributed by atoms with E-state index in [1.54, 1.807) is 11.9 Å². The van der Waals surface area contributed by atoms with Gasteiger partial charge in [0.05, 0.1) is 0 Å². The van der Waals surface area contributed by atoms with Crippen LogP contribution in [0.5, 0.6) is 0 Å². The summed E-state index contributed by atoms with van der Waals surface area (Å²) in [6.07, 6.45) is 0. The maximum atomic E-state index is 5.72. The third kappa shape index (κ3) is 5.54. The molecule has 0 saturated heterocycles. The molecule has 6 heteroatoms. The van der Waals surface area contributed by atoms with Crippen LogP contribution in [0.4, 0.5) is 0 Å². The highest BCUT2D eigenvalue weighted by Gasteiger charge is 1.99. The van der Waals surface area contributed by atoms with Gasteiger partial charge in [-0.05, 0) is 5.56 Å². The molecule has 1 rings (SSSR count). The van der Waals surface area contributed by atoms with Gasteiger partial charge in [-0.2, -0.15) is 4.99 Å². The van der Waals surface area contributed by atoms with Gasteiger partial charge < -0.3 is 16.0 Å². The van der Waals surface area contributed by atoms with E-state index in [4.69, 9.17) is 5.73 Å². The molecule has 0 saturated carbocycles. The molecule has 0 spiro atoms. The first kappa shape index (κ1) is 16.2. The molecule has 0 fully saturated rings. The second kappa shape index (κ2) is 8.36. The van der Waals surface area contributed by atoms with Gasteiger partial charge in [0.1, 0.15) is 0 Å². The summed E-state index contributed by atoms with van der Waals surface area (Å²) in [5.74, 6) is 0.950. The maximum Gasteiger partial charge on any atom is 0.221 e. The Hall–Kier alpha value is -1.75. The predicted octanol–water partition coefficient (Wildman–Crippen LogP) is 1.06. The van der Waals surface area contributed by atoms with Crippen molar-refractivity contribution in [1.29, 1.82) is 0 Å². The highest BCUT2D eigenvalue weighted by Crippen LogP contribution is 1.97. The van der Waals surface area contributed by atoms with E-state index < -0.39 is 0 Å². The number of hydrogen-bond donors (Lipinski definition) is 2. The fraction of sp³-hybridized carbons (Fsp3) is 0.333. The van der Waals surface area contributed by atoms with Crippen LogP contribution in [-0.2, 0) is 6.54 Å². The van der Waals surface area contributed by atoms with Crippen LogP contribution in [0.25, 0.3) is 0 Å². The molecule has 0 unspecified atom stereocenters. The van der Waals surface area contributed by atoms with E-state index in [9.17, 15) is 0 Å². The van der Waals surface area contributed by atoms with Gasteiger partial charge in [0.2, 0.25) is 5.96 Å². The van der Waals surface area contributed by atoms with E-state index in [-0.39, 0.29) is 12.4 Å². The van der Waals surface area contributed by atoms with Crippen LogP contribution >= 0.6 is 12.4 Å². The maximum absolute atomic E-state index is 5.72. The van der Waals surface area contributed by atoms with E-state index in [0.29, 0.717) is 18.5 Å². The van der Waals surface area contributed by atoms with Crippen LogP contribution in [0.15, 0.2) is 40.3 Å². The number of halogens is 1. The molecule has 0 aromatic heterocycles. The minimum Gasteiger partial charge on any atom is -0.369 e. The summed E-state index contributed by atoms with van der Waals surface area (Å²) in [5.41, 5.74) is 6.89. The van der Waals surface area contributed by atoms with Crippen molar-refractivity contribution in [2.45, 2.75) is 6.54 Å². The van der Waals surface area contributed by atoms with Crippen molar-refractivity contribution in [1.82, 2.24) is 10.2 Å². The van der Waals surface area contributed by atoms with Gasteiger partial charge in [0, 0.05) is 27.7 Å². The first-order chi connectivity index (χ1) is 8.13. The topological polar surface area (TPSA) is 66.0 Å². The Labute approximate surface area is 114 Å². The molecule has 0 aliphatic rings. The Balaban J connectivity index is 0.00000289. The molecule has 5 nitrogen and oxygen atoms in total. The van der Waals surface area contributed by atoms with Gasteiger partial charge in [-0.25, -0.2) is 0 Å². The van der Waals surface area contributed by atoms with Crippen molar-refractivity contribution in [3.8, 4) is 0 Å². The van der Waals surface area contributed by atoms with Crippen LogP contribution in [0.3, 0.4) is 0 Å². The standard InChI is InChI=1S/C12H19N5.ClH/c1-14-12(16-11(13)17(2)3)15-9-10-7-5-4-6-8-10;/h4-8H,9H2,1-3H3,(H3,13,14,15,16);1H. The summed E-state index contributed by atoms with van der Waals surface area (Å²) in [7, 11) is 5.35. The van der Waals surface area contributed by atoms with Crippen LogP contribution in [0, 0.1) is 0 Å². The number of aliphatic imine (C=N–C) groups is 2. The first-order valence-corrected chi connectivity index (χ1v) is 5.39. The zero-order valence-electron chi connectivity index (χ0n) is 10.9. The van der Waals surface area contributed by atoms with E-state index in [0.717, 1.165) is 0 Å². The lowest BCUT2D eigenvalue weighted by Gasteiger charge is -2.11. The monoisotopic (exact) mass is 269 g/mol. The number of nitrogens with one attached hydrogen (secondary N) is 1. The zero-order valence-corrected chi connectivity index (χ0v) is 11.7. The highest BCUT2D eigenvalue weighted by molar-refractivity contribution is 5.93. The van der Waals surface area contributed by atoms with E-state index in [1.165, 1.54) is 5.56 Å². The van der Waals surface area contributed by atoms with Gasteiger partial charge in [-0.3, -0.25) is 4.99 Å². The highest BCUT2D eigenvalue weighted by atomic mass is 35.5. The summed E-state index contributed by atoms with van der Waals surface area (Å²) in [6, 6.07) is 10.1. The molecule has 0 aliphatic carbocycles. The lowest BCUT2D eigenvalue weighted by molar-refractivity contribution is 0.615. The minimum atomic E-state index is 0. The predicted molar refractivity (Wildman–Crippen MR) is 79.2 cm³/mol. The number of hydrogen-bond acceptors (Lipinski definition) is 1. The number of nitrogens with two attached hydrogens (primary N) is 1. The Morgan fingerprint density at radius 1 is 1.28 bits per heavy atom. The molecule has 0 bridgehead atoms. The number of nitrogens with zero attached hydrogens (tertiary/aromatic N) is 3. The zero-order chi connectivity index (χ0) is 12.7. The number of guanidine groups is 2. The smallest absolute Gasteiger partial charge is 0.221 e. The van der Waals surface area contributed by atoms with Crippen LogP contribution in [-0.4, -0.2) is 38.0 Å². The third-order valence-electron chi connectivity index (χ3n) is 2.18. The van der Waals surface area contributed by atoms with Crippen LogP contribution in [0.1, 0.15) is 5.56 Å². The molecule has 18 heavy (non-hydrogen) atoms. The lowest BCUT2D eigenvalue weighted by Crippen LogP contribution is -2.33. The van der Waals surface area contributed by atoms with Gasteiger partial charge in [0.15, 0.2) is 5.96 Å². The fourth-order valence-corrected chi connectivity index (χ4v) is 1.15. The summed E-state index contributed by atoms with van der Waals surface area (Å²) < 4.78 is 0. The molecular weight excluding hydrogens is 250 g/mol. The van der Waals surface area contributed by atoms with Crippen molar-refractivity contribution < 1.29 is 0 Å². The molecule has 0 heterocycles. The van der Waals surface area contributed by atoms with Crippen molar-refractivity contribution in [3.05, 3.63) is 35.9 Å². The lowest BCUT2D eigenvalue weighted by atomic mass is 10.2. The van der Waals surface area contributed by atoms with E-state index in [1.807, 2.05) is 44.4 Å². The summed E-state index contributed by atoms with van der Waals surface area (Å²) in [5, 5.41) is 3.13. The molecule has 0 amide bonds. The largest absolute Gasteiger partial charge is 0.369 e. The summed E-state index contributed by atoms with van der Waals surface area (Å²) in [6.45, 7) is 0.678. The van der Waals surface area contributed by atoms with Crippen molar-refractivity contribution >= 4 is 24.3 Å². The fourth-order valence-electron chi connectivity index (χ4n) is 1.15. The van der Waals surface area contributed by atoms with E-state index >= 15 is 0 Å². The molecule has 3 N–H and O–H groups in total. The van der Waals surface area contributed by atoms with Crippen LogP contribution in [0.2, 0.25) is 0 Å². The van der Waals surface area contributed by atoms with Gasteiger partial charge in [-0.15, -0.1) is 12.4 Å². The third-order valence-corrected chi connectivity index (χ3v) is 2.18. The van der Waals surface area contributed by atoms with Crippen LogP contribution < -0.4 is 11.1 Å². The molecule has 0 radical (unpaired) electrons. The van der Waals surface area contributed by atoms with Gasteiger partial charge in [0.25, 0.3) is 0 Å². The quantitative estimate of drug-likeness (QED) is 0.623. The van der Waals surface area contributed by atoms with Gasteiger partial charge in [-0.1, -0.05) is 30.3 Å². The Bertz CT molecular complexity index is 400. The SMILES string of the molecule is CN=C(/N=C(\N)N(C)C)NCc1ccccc1.Cl. The summed E-state index contributed by atoms with van der Waals surface area (Å²) in [4.78, 5) is 9.94. The van der Waals surface area contributed by atoms with Crippen molar-refractivity contribution in [3.63, 3.8) is 0 Å². The van der Waals surface area contributed by atoms with E-state index in [2.05, 4.69) is 15.3 Å². The molecule has 0 atom stereocenters. The minimum absolute atomic E-state index is 0. The second-order valence-electron chi connectivity index (χ2n) is 3.75. The summed E-state index contributed by atoms with van der Waals surface area (Å²) >= 11 is 0. The average Bonchev–Trinajstić information content (AvgIpc) is 2.35. The van der Waals surface area contributed by atoms with Crippen molar-refractivity contribution in [2.24, 2.45) is 15.7 Å². The first-order valence-electron chi connectivity index (χ1n) is 5.39. The molecular formula is C12H20ClN5. The number of rotatable bonds is 2. The molecule has 1 aromatic rings. The average molecular weight is 270 g/mol. The number of benzene rings is 1. The van der Waals surface area contributed by atoms with Gasteiger partial charge >= 0.3 is 0 Å². The second-order valence-corrected chi connectivity index (χ2v) is 3.75. The normalized spacial score (nSPS) is 11.7. The molecule has 0 aliphatic heterocycles. The molecule has 1 aromatic carbocycles. The Morgan fingerprint density at radius 2 is 1.89 bits per heavy atom. The Kier molecular flexibility index (Phi) is 7.54. The Morgan fingerprint density at radius 3 is 2.39 bits per heavy atom.